The number of hydrogen-bond donors (Lipinski definition) is 1. The van der Waals surface area contributed by atoms with Crippen molar-refractivity contribution < 1.29 is 13.2 Å². The largest absolute Gasteiger partial charge is 0.495 e. The molecule has 1 aromatic rings. The third-order valence-electron chi connectivity index (χ3n) is 2.93. The molecule has 2 rings (SSSR count). The Kier molecular flexibility index (Phi) is 3.96. The van der Waals surface area contributed by atoms with Crippen molar-refractivity contribution in [3.05, 3.63) is 22.7 Å². The molecule has 1 atom stereocenters. The van der Waals surface area contributed by atoms with Crippen molar-refractivity contribution >= 4 is 26.0 Å². The van der Waals surface area contributed by atoms with E-state index in [1.165, 1.54) is 11.4 Å². The van der Waals surface area contributed by atoms with Crippen molar-refractivity contribution in [2.24, 2.45) is 5.73 Å². The van der Waals surface area contributed by atoms with Gasteiger partial charge in [0.25, 0.3) is 0 Å². The molecule has 0 amide bonds. The van der Waals surface area contributed by atoms with Crippen molar-refractivity contribution in [2.45, 2.75) is 17.4 Å². The molecule has 0 spiro atoms. The smallest absolute Gasteiger partial charge is 0.246 e. The van der Waals surface area contributed by atoms with Crippen molar-refractivity contribution in [2.75, 3.05) is 20.2 Å². The topological polar surface area (TPSA) is 72.6 Å². The molecule has 0 saturated carbocycles. The summed E-state index contributed by atoms with van der Waals surface area (Å²) in [5.74, 6) is 0.346. The molecule has 0 aliphatic carbocycles. The highest BCUT2D eigenvalue weighted by Gasteiger charge is 2.33. The average molecular weight is 335 g/mol. The first kappa shape index (κ1) is 13.8. The molecule has 5 nitrogen and oxygen atoms in total. The molecule has 18 heavy (non-hydrogen) atoms. The van der Waals surface area contributed by atoms with Crippen molar-refractivity contribution in [3.63, 3.8) is 0 Å². The molecule has 1 saturated heterocycles. The first-order valence-corrected chi connectivity index (χ1v) is 7.77. The quantitative estimate of drug-likeness (QED) is 0.900. The molecule has 7 heteroatoms. The van der Waals surface area contributed by atoms with Crippen LogP contribution in [0.5, 0.6) is 5.75 Å². The number of nitrogens with two attached hydrogens (primary N) is 1. The predicted octanol–water partition coefficient (Wildman–Crippen LogP) is 1.18. The first-order valence-electron chi connectivity index (χ1n) is 5.54. The van der Waals surface area contributed by atoms with Crippen LogP contribution in [0.3, 0.4) is 0 Å². The van der Waals surface area contributed by atoms with E-state index in [1.807, 2.05) is 0 Å². The Morgan fingerprint density at radius 1 is 1.50 bits per heavy atom. The lowest BCUT2D eigenvalue weighted by Crippen LogP contribution is -2.32. The molecule has 1 aliphatic heterocycles. The lowest BCUT2D eigenvalue weighted by Gasteiger charge is -2.18. The molecule has 1 heterocycles. The fourth-order valence-corrected chi connectivity index (χ4v) is 4.17. The summed E-state index contributed by atoms with van der Waals surface area (Å²) in [6, 6.07) is 4.84. The average Bonchev–Trinajstić information content (AvgIpc) is 2.76. The van der Waals surface area contributed by atoms with E-state index >= 15 is 0 Å². The standard InChI is InChI=1S/C11H15BrN2O3S/c1-17-10-3-2-8(12)6-11(10)18(15,16)14-5-4-9(13)7-14/h2-3,6,9H,4-5,7,13H2,1H3. The zero-order valence-electron chi connectivity index (χ0n) is 9.97. The Bertz CT molecular complexity index is 547. The van der Waals surface area contributed by atoms with Gasteiger partial charge in [0.2, 0.25) is 10.0 Å². The molecular formula is C11H15BrN2O3S. The molecule has 100 valence electrons. The number of rotatable bonds is 3. The number of ether oxygens (including phenoxy) is 1. The monoisotopic (exact) mass is 334 g/mol. The number of halogens is 1. The molecule has 2 N–H and O–H groups in total. The zero-order valence-corrected chi connectivity index (χ0v) is 12.4. The summed E-state index contributed by atoms with van der Waals surface area (Å²) in [4.78, 5) is 0.175. The molecule has 1 aromatic carbocycles. The van der Waals surface area contributed by atoms with Gasteiger partial charge in [-0.05, 0) is 24.6 Å². The lowest BCUT2D eigenvalue weighted by atomic mass is 10.3. The summed E-state index contributed by atoms with van der Waals surface area (Å²) >= 11 is 3.28. The SMILES string of the molecule is COc1ccc(Br)cc1S(=O)(=O)N1CCC(N)C1. The van der Waals surface area contributed by atoms with E-state index in [0.29, 0.717) is 29.7 Å². The molecule has 1 unspecified atom stereocenters. The second-order valence-corrected chi connectivity index (χ2v) is 7.03. The maximum Gasteiger partial charge on any atom is 0.246 e. The highest BCUT2D eigenvalue weighted by molar-refractivity contribution is 9.10. The number of sulfonamides is 1. The zero-order chi connectivity index (χ0) is 13.3. The summed E-state index contributed by atoms with van der Waals surface area (Å²) in [6.07, 6.45) is 0.690. The van der Waals surface area contributed by atoms with Crippen LogP contribution in [0.1, 0.15) is 6.42 Å². The Labute approximate surface area is 115 Å². The molecule has 1 fully saturated rings. The van der Waals surface area contributed by atoms with Gasteiger partial charge >= 0.3 is 0 Å². The third kappa shape index (κ3) is 2.54. The number of methoxy groups -OCH3 is 1. The molecule has 0 bridgehead atoms. The Morgan fingerprint density at radius 3 is 2.78 bits per heavy atom. The predicted molar refractivity (Wildman–Crippen MR) is 72.0 cm³/mol. The van der Waals surface area contributed by atoms with Gasteiger partial charge in [-0.25, -0.2) is 8.42 Å². The van der Waals surface area contributed by atoms with Gasteiger partial charge in [0.15, 0.2) is 0 Å². The van der Waals surface area contributed by atoms with Crippen LogP contribution in [0, 0.1) is 0 Å². The number of nitrogens with zero attached hydrogens (tertiary/aromatic N) is 1. The maximum atomic E-state index is 12.5. The number of benzene rings is 1. The van der Waals surface area contributed by atoms with E-state index in [1.54, 1.807) is 18.2 Å². The maximum absolute atomic E-state index is 12.5. The summed E-state index contributed by atoms with van der Waals surface area (Å²) in [5.41, 5.74) is 5.75. The van der Waals surface area contributed by atoms with Crippen molar-refractivity contribution in [1.82, 2.24) is 4.31 Å². The Hall–Kier alpha value is -0.630. The molecule has 0 radical (unpaired) electrons. The van der Waals surface area contributed by atoms with E-state index in [9.17, 15) is 8.42 Å². The van der Waals surface area contributed by atoms with E-state index in [-0.39, 0.29) is 10.9 Å². The van der Waals surface area contributed by atoms with Gasteiger partial charge in [0.05, 0.1) is 7.11 Å². The Balaban J connectivity index is 2.43. The van der Waals surface area contributed by atoms with E-state index in [2.05, 4.69) is 15.9 Å². The fourth-order valence-electron chi connectivity index (χ4n) is 1.96. The highest BCUT2D eigenvalue weighted by atomic mass is 79.9. The third-order valence-corrected chi connectivity index (χ3v) is 5.31. The van der Waals surface area contributed by atoms with E-state index in [0.717, 1.165) is 0 Å². The van der Waals surface area contributed by atoms with Crippen molar-refractivity contribution in [3.8, 4) is 5.75 Å². The number of hydrogen-bond acceptors (Lipinski definition) is 4. The molecule has 0 aromatic heterocycles. The van der Waals surface area contributed by atoms with Gasteiger partial charge in [-0.3, -0.25) is 0 Å². The van der Waals surface area contributed by atoms with Gasteiger partial charge in [0, 0.05) is 23.6 Å². The Morgan fingerprint density at radius 2 is 2.22 bits per heavy atom. The summed E-state index contributed by atoms with van der Waals surface area (Å²) < 4.78 is 32.2. The second kappa shape index (κ2) is 5.16. The summed E-state index contributed by atoms with van der Waals surface area (Å²) in [5, 5.41) is 0. The molecule has 1 aliphatic rings. The van der Waals surface area contributed by atoms with Gasteiger partial charge in [-0.2, -0.15) is 4.31 Å². The summed E-state index contributed by atoms with van der Waals surface area (Å²) in [7, 11) is -2.08. The van der Waals surface area contributed by atoms with Crippen LogP contribution in [0.25, 0.3) is 0 Å². The van der Waals surface area contributed by atoms with Crippen LogP contribution >= 0.6 is 15.9 Å². The van der Waals surface area contributed by atoms with Crippen LogP contribution in [-0.4, -0.2) is 39.0 Å². The lowest BCUT2D eigenvalue weighted by molar-refractivity contribution is 0.398. The fraction of sp³-hybridized carbons (Fsp3) is 0.455. The van der Waals surface area contributed by atoms with Crippen LogP contribution < -0.4 is 10.5 Å². The van der Waals surface area contributed by atoms with Crippen molar-refractivity contribution in [1.29, 1.82) is 0 Å². The minimum absolute atomic E-state index is 0.0853. The van der Waals surface area contributed by atoms with E-state index < -0.39 is 10.0 Å². The van der Waals surface area contributed by atoms with Gasteiger partial charge < -0.3 is 10.5 Å². The van der Waals surface area contributed by atoms with Gasteiger partial charge in [-0.1, -0.05) is 15.9 Å². The normalized spacial score (nSPS) is 21.2. The van der Waals surface area contributed by atoms with Crippen LogP contribution in [-0.2, 0) is 10.0 Å². The first-order chi connectivity index (χ1) is 8.45. The van der Waals surface area contributed by atoms with Crippen LogP contribution in [0.2, 0.25) is 0 Å². The summed E-state index contributed by atoms with van der Waals surface area (Å²) in [6.45, 7) is 0.817. The van der Waals surface area contributed by atoms with E-state index in [4.69, 9.17) is 10.5 Å². The highest BCUT2D eigenvalue weighted by Crippen LogP contribution is 2.31. The van der Waals surface area contributed by atoms with Gasteiger partial charge in [-0.15, -0.1) is 0 Å². The van der Waals surface area contributed by atoms with Gasteiger partial charge in [0.1, 0.15) is 10.6 Å². The molecular weight excluding hydrogens is 320 g/mol. The van der Waals surface area contributed by atoms with Crippen LogP contribution in [0.15, 0.2) is 27.6 Å². The second-order valence-electron chi connectivity index (χ2n) is 4.21. The minimum Gasteiger partial charge on any atom is -0.495 e. The van der Waals surface area contributed by atoms with Crippen LogP contribution in [0.4, 0.5) is 0 Å². The minimum atomic E-state index is -3.54.